The van der Waals surface area contributed by atoms with E-state index in [1.54, 1.807) is 0 Å². The minimum atomic E-state index is -4.90. The lowest BCUT2D eigenvalue weighted by Gasteiger charge is -2.30. The maximum Gasteiger partial charge on any atom is 0.340 e. The summed E-state index contributed by atoms with van der Waals surface area (Å²) in [4.78, 5) is 37.2. The van der Waals surface area contributed by atoms with Crippen molar-refractivity contribution < 1.29 is 28.7 Å². The molecule has 0 saturated carbocycles. The fourth-order valence-electron chi connectivity index (χ4n) is 3.95. The van der Waals surface area contributed by atoms with E-state index in [9.17, 15) is 28.7 Å². The third-order valence-electron chi connectivity index (χ3n) is 5.65. The third kappa shape index (κ3) is 7.09. The van der Waals surface area contributed by atoms with Crippen LogP contribution in [0.25, 0.3) is 12.2 Å². The fourth-order valence-corrected chi connectivity index (χ4v) is 6.45. The summed E-state index contributed by atoms with van der Waals surface area (Å²) < 4.78 is 23.0. The van der Waals surface area contributed by atoms with Gasteiger partial charge in [-0.15, -0.1) is 0 Å². The lowest BCUT2D eigenvalue weighted by molar-refractivity contribution is 0.331. The van der Waals surface area contributed by atoms with Crippen LogP contribution in [0.5, 0.6) is 0 Å². The Labute approximate surface area is 188 Å². The van der Waals surface area contributed by atoms with Gasteiger partial charge in [-0.05, 0) is 42.5 Å². The summed E-state index contributed by atoms with van der Waals surface area (Å²) >= 11 is 0. The van der Waals surface area contributed by atoms with Gasteiger partial charge in [0, 0.05) is 12.0 Å². The maximum absolute atomic E-state index is 11.5. The molecule has 3 rings (SSSR count). The van der Waals surface area contributed by atoms with Gasteiger partial charge >= 0.3 is 15.2 Å². The smallest absolute Gasteiger partial charge is 0.324 e. The highest BCUT2D eigenvalue weighted by Crippen LogP contribution is 2.61. The van der Waals surface area contributed by atoms with E-state index < -0.39 is 20.6 Å². The van der Waals surface area contributed by atoms with Crippen LogP contribution in [-0.4, -0.2) is 37.6 Å². The largest absolute Gasteiger partial charge is 0.340 e. The molecule has 0 aliphatic heterocycles. The van der Waals surface area contributed by atoms with Crippen LogP contribution in [-0.2, 0) is 9.13 Å². The molecule has 32 heavy (non-hydrogen) atoms. The Hall–Kier alpha value is -1.82. The van der Waals surface area contributed by atoms with Crippen molar-refractivity contribution in [2.45, 2.75) is 36.6 Å². The van der Waals surface area contributed by atoms with Gasteiger partial charge in [-0.3, -0.25) is 9.13 Å². The molecule has 9 heteroatoms. The molecule has 2 atom stereocenters. The summed E-state index contributed by atoms with van der Waals surface area (Å²) in [6, 6.07) is 18.3. The van der Waals surface area contributed by atoms with Crippen LogP contribution >= 0.6 is 15.2 Å². The molecular weight excluding hydrogens is 448 g/mol. The van der Waals surface area contributed by atoms with E-state index >= 15 is 0 Å². The van der Waals surface area contributed by atoms with Crippen molar-refractivity contribution in [2.75, 3.05) is 6.54 Å². The summed E-state index contributed by atoms with van der Waals surface area (Å²) in [5, 5.41) is 1.28. The normalized spacial score (nSPS) is 19.7. The zero-order valence-corrected chi connectivity index (χ0v) is 19.4. The molecule has 0 saturated heterocycles. The first-order valence-electron chi connectivity index (χ1n) is 10.5. The SMILES string of the molecule is O=P(O)(O)C(CCN[C@H]1CC=CCC1c1ccc(/C=C/c2ccccc2)cc1)P(=O)(O)O. The van der Waals surface area contributed by atoms with Crippen molar-refractivity contribution in [3.8, 4) is 0 Å². The summed E-state index contributed by atoms with van der Waals surface area (Å²) in [5.74, 6) is 0.163. The second-order valence-electron chi connectivity index (χ2n) is 7.97. The predicted molar refractivity (Wildman–Crippen MR) is 127 cm³/mol. The van der Waals surface area contributed by atoms with Crippen molar-refractivity contribution in [3.63, 3.8) is 0 Å². The third-order valence-corrected chi connectivity index (χ3v) is 9.52. The monoisotopic (exact) mass is 477 g/mol. The Balaban J connectivity index is 1.64. The van der Waals surface area contributed by atoms with Crippen LogP contribution in [0.3, 0.4) is 0 Å². The molecule has 172 valence electrons. The lowest BCUT2D eigenvalue weighted by Crippen LogP contribution is -2.37. The van der Waals surface area contributed by atoms with Gasteiger partial charge in [-0.2, -0.15) is 0 Å². The zero-order chi connectivity index (χ0) is 23.2. The van der Waals surface area contributed by atoms with E-state index in [-0.39, 0.29) is 24.9 Å². The molecule has 0 heterocycles. The molecule has 0 aromatic heterocycles. The second-order valence-corrected chi connectivity index (χ2v) is 12.0. The van der Waals surface area contributed by atoms with Crippen LogP contribution in [0.2, 0.25) is 0 Å². The molecule has 0 amide bonds. The first kappa shape index (κ1) is 24.8. The summed E-state index contributed by atoms with van der Waals surface area (Å²) in [6.07, 6.45) is 9.52. The van der Waals surface area contributed by atoms with Gasteiger partial charge in [0.25, 0.3) is 0 Å². The Kier molecular flexibility index (Phi) is 8.43. The minimum absolute atomic E-state index is 0.0138. The van der Waals surface area contributed by atoms with E-state index in [1.807, 2.05) is 30.3 Å². The van der Waals surface area contributed by atoms with Gasteiger partial charge in [0.15, 0.2) is 5.40 Å². The topological polar surface area (TPSA) is 127 Å². The molecule has 0 radical (unpaired) electrons. The maximum atomic E-state index is 11.5. The number of rotatable bonds is 9. The van der Waals surface area contributed by atoms with Crippen LogP contribution in [0.4, 0.5) is 0 Å². The van der Waals surface area contributed by atoms with Gasteiger partial charge in [-0.1, -0.05) is 78.9 Å². The predicted octanol–water partition coefficient (Wildman–Crippen LogP) is 4.32. The molecule has 7 nitrogen and oxygen atoms in total. The molecule has 1 aliphatic carbocycles. The van der Waals surface area contributed by atoms with Crippen LogP contribution in [0, 0.1) is 0 Å². The highest BCUT2D eigenvalue weighted by Gasteiger charge is 2.42. The molecule has 2 aromatic rings. The molecule has 0 bridgehead atoms. The summed E-state index contributed by atoms with van der Waals surface area (Å²) in [7, 11) is -9.80. The first-order valence-corrected chi connectivity index (χ1v) is 13.8. The van der Waals surface area contributed by atoms with Crippen molar-refractivity contribution in [2.24, 2.45) is 0 Å². The van der Waals surface area contributed by atoms with Crippen LogP contribution in [0.15, 0.2) is 66.7 Å². The Morgan fingerprint density at radius 3 is 2.00 bits per heavy atom. The number of hydrogen-bond acceptors (Lipinski definition) is 3. The molecular formula is C23H29NO6P2. The quantitative estimate of drug-likeness (QED) is 0.207. The highest BCUT2D eigenvalue weighted by molar-refractivity contribution is 7.70. The standard InChI is InChI=1S/C23H29NO6P2/c25-31(26,27)23(32(28,29)30)16-17-24-22-9-5-4-8-21(22)20-14-12-19(13-15-20)11-10-18-6-2-1-3-7-18/h1-7,10-15,21-24H,8-9,16-17H2,(H2,25,26,27)(H2,28,29,30)/b11-10+/t21?,22-/m0/s1. The first-order chi connectivity index (χ1) is 15.1. The van der Waals surface area contributed by atoms with Crippen molar-refractivity contribution in [3.05, 3.63) is 83.4 Å². The second kappa shape index (κ2) is 10.9. The Morgan fingerprint density at radius 1 is 0.844 bits per heavy atom. The number of nitrogens with one attached hydrogen (secondary N) is 1. The molecule has 5 N–H and O–H groups in total. The van der Waals surface area contributed by atoms with Gasteiger partial charge in [0.1, 0.15) is 0 Å². The lowest BCUT2D eigenvalue weighted by atomic mass is 9.83. The van der Waals surface area contributed by atoms with Crippen molar-refractivity contribution in [1.29, 1.82) is 0 Å². The average Bonchev–Trinajstić information content (AvgIpc) is 2.75. The van der Waals surface area contributed by atoms with Crippen LogP contribution < -0.4 is 5.32 Å². The van der Waals surface area contributed by atoms with Gasteiger partial charge in [0.05, 0.1) is 0 Å². The number of hydrogen-bond donors (Lipinski definition) is 5. The van der Waals surface area contributed by atoms with Crippen molar-refractivity contribution >= 4 is 27.3 Å². The van der Waals surface area contributed by atoms with Gasteiger partial charge in [0.2, 0.25) is 0 Å². The van der Waals surface area contributed by atoms with Crippen molar-refractivity contribution in [1.82, 2.24) is 5.32 Å². The average molecular weight is 477 g/mol. The molecule has 1 unspecified atom stereocenters. The van der Waals surface area contributed by atoms with E-state index in [2.05, 4.69) is 53.9 Å². The molecule has 0 spiro atoms. The molecule has 0 fully saturated rings. The molecule has 1 aliphatic rings. The summed E-state index contributed by atoms with van der Waals surface area (Å²) in [6.45, 7) is 0.105. The summed E-state index contributed by atoms with van der Waals surface area (Å²) in [5.41, 5.74) is 3.35. The van der Waals surface area contributed by atoms with E-state index in [0.29, 0.717) is 0 Å². The van der Waals surface area contributed by atoms with E-state index in [0.717, 1.165) is 29.5 Å². The van der Waals surface area contributed by atoms with Crippen LogP contribution in [0.1, 0.15) is 41.9 Å². The van der Waals surface area contributed by atoms with E-state index in [4.69, 9.17) is 0 Å². The van der Waals surface area contributed by atoms with E-state index in [1.165, 1.54) is 0 Å². The van der Waals surface area contributed by atoms with Gasteiger partial charge in [-0.25, -0.2) is 0 Å². The minimum Gasteiger partial charge on any atom is -0.324 e. The Morgan fingerprint density at radius 2 is 1.41 bits per heavy atom. The fraction of sp³-hybridized carbons (Fsp3) is 0.304. The number of benzene rings is 2. The zero-order valence-electron chi connectivity index (χ0n) is 17.6. The van der Waals surface area contributed by atoms with Gasteiger partial charge < -0.3 is 24.9 Å². The Bertz CT molecular complexity index is 1000. The molecule has 2 aromatic carbocycles. The highest BCUT2D eigenvalue weighted by atomic mass is 31.2. The number of allylic oxidation sites excluding steroid dienone is 1.